The lowest BCUT2D eigenvalue weighted by Crippen LogP contribution is -2.41. The second-order valence-electron chi connectivity index (χ2n) is 8.89. The number of hydrogen-bond donors (Lipinski definition) is 1. The molecule has 5 rings (SSSR count). The SMILES string of the molecule is O=C(O)c1ccc(-[n+]2c(-c3ccccc3)cc(-c3ccccc3)c3c2CCCC3)cc1.O=S(=O)([O-])C(F)(F)F. The van der Waals surface area contributed by atoms with Gasteiger partial charge in [0.2, 0.25) is 11.4 Å². The number of carboxylic acid groups (broad SMARTS) is 1. The van der Waals surface area contributed by atoms with Crippen LogP contribution in [-0.4, -0.2) is 29.6 Å². The second-order valence-corrected chi connectivity index (χ2v) is 10.3. The summed E-state index contributed by atoms with van der Waals surface area (Å²) in [6.45, 7) is 0. The number of aromatic nitrogens is 1. The maximum atomic E-state index is 11.4. The van der Waals surface area contributed by atoms with Gasteiger partial charge in [-0.3, -0.25) is 0 Å². The molecule has 0 atom stereocenters. The summed E-state index contributed by atoms with van der Waals surface area (Å²) in [5.41, 5.74) is 3.21. The molecule has 0 aliphatic heterocycles. The Bertz CT molecular complexity index is 1570. The standard InChI is InChI=1S/C28H23NO2.CHF3O3S/c30-28(31)22-15-17-23(18-16-22)29-26-14-8-7-13-24(26)25(20-9-3-1-4-10-20)19-27(29)21-11-5-2-6-12-21;2-1(3,4)8(5,6)7/h1-6,9-12,15-19H,7-8,13-14H2;(H,5,6,7). The minimum Gasteiger partial charge on any atom is -0.741 e. The fourth-order valence-electron chi connectivity index (χ4n) is 4.60. The number of carboxylic acids is 1. The van der Waals surface area contributed by atoms with E-state index in [1.807, 2.05) is 18.2 Å². The summed E-state index contributed by atoms with van der Waals surface area (Å²) in [6.07, 6.45) is 4.42. The van der Waals surface area contributed by atoms with E-state index in [9.17, 15) is 23.1 Å². The van der Waals surface area contributed by atoms with Crippen molar-refractivity contribution in [2.75, 3.05) is 0 Å². The van der Waals surface area contributed by atoms with E-state index < -0.39 is 21.6 Å². The first kappa shape index (κ1) is 28.0. The first-order valence-electron chi connectivity index (χ1n) is 12.0. The highest BCUT2D eigenvalue weighted by atomic mass is 32.2. The first-order valence-corrected chi connectivity index (χ1v) is 13.5. The Morgan fingerprint density at radius 2 is 1.33 bits per heavy atom. The van der Waals surface area contributed by atoms with E-state index in [1.165, 1.54) is 28.8 Å². The van der Waals surface area contributed by atoms with Gasteiger partial charge < -0.3 is 9.66 Å². The molecule has 1 aliphatic rings. The molecule has 10 heteroatoms. The molecule has 0 unspecified atom stereocenters. The molecular weight excluding hydrogens is 531 g/mol. The Labute approximate surface area is 223 Å². The zero-order chi connectivity index (χ0) is 28.2. The molecule has 1 aliphatic carbocycles. The monoisotopic (exact) mass is 555 g/mol. The van der Waals surface area contributed by atoms with Crippen molar-refractivity contribution in [3.05, 3.63) is 108 Å². The molecule has 1 heterocycles. The van der Waals surface area contributed by atoms with E-state index in [-0.39, 0.29) is 0 Å². The Morgan fingerprint density at radius 1 is 0.821 bits per heavy atom. The van der Waals surface area contributed by atoms with Crippen LogP contribution in [0.1, 0.15) is 34.5 Å². The Hall–Kier alpha value is -4.02. The summed E-state index contributed by atoms with van der Waals surface area (Å²) in [4.78, 5) is 11.4. The smallest absolute Gasteiger partial charge is 0.485 e. The molecule has 0 saturated heterocycles. The third-order valence-corrected chi connectivity index (χ3v) is 6.93. The van der Waals surface area contributed by atoms with Crippen LogP contribution in [0.5, 0.6) is 0 Å². The van der Waals surface area contributed by atoms with Gasteiger partial charge >= 0.3 is 11.5 Å². The molecule has 1 N–H and O–H groups in total. The van der Waals surface area contributed by atoms with Gasteiger partial charge in [0.05, 0.1) is 5.56 Å². The lowest BCUT2D eigenvalue weighted by Gasteiger charge is -2.20. The largest absolute Gasteiger partial charge is 0.741 e. The van der Waals surface area contributed by atoms with Crippen molar-refractivity contribution < 1.29 is 40.6 Å². The van der Waals surface area contributed by atoms with E-state index in [2.05, 4.69) is 65.2 Å². The molecule has 0 saturated carbocycles. The fourth-order valence-corrected chi connectivity index (χ4v) is 4.60. The van der Waals surface area contributed by atoms with Gasteiger partial charge in [0.1, 0.15) is 0 Å². The predicted molar refractivity (Wildman–Crippen MR) is 138 cm³/mol. The number of pyridine rings is 1. The fraction of sp³-hybridized carbons (Fsp3) is 0.172. The normalized spacial score (nSPS) is 13.1. The number of fused-ring (bicyclic) bond motifs is 1. The van der Waals surface area contributed by atoms with Gasteiger partial charge in [-0.1, -0.05) is 48.5 Å². The summed E-state index contributed by atoms with van der Waals surface area (Å²) >= 11 is 0. The van der Waals surface area contributed by atoms with Gasteiger partial charge in [0, 0.05) is 35.7 Å². The molecule has 3 aromatic carbocycles. The Balaban J connectivity index is 0.000000386. The minimum atomic E-state index is -6.09. The van der Waals surface area contributed by atoms with Gasteiger partial charge in [0.25, 0.3) is 0 Å². The van der Waals surface area contributed by atoms with Crippen LogP contribution in [0.2, 0.25) is 0 Å². The van der Waals surface area contributed by atoms with Crippen molar-refractivity contribution in [2.24, 2.45) is 0 Å². The number of nitrogens with zero attached hydrogens (tertiary/aromatic N) is 1. The molecule has 4 aromatic rings. The second kappa shape index (κ2) is 11.4. The molecule has 39 heavy (non-hydrogen) atoms. The predicted octanol–water partition coefficient (Wildman–Crippen LogP) is 5.93. The van der Waals surface area contributed by atoms with Crippen LogP contribution in [0.15, 0.2) is 91.0 Å². The maximum absolute atomic E-state index is 11.4. The minimum absolute atomic E-state index is 0.306. The average molecular weight is 556 g/mol. The quantitative estimate of drug-likeness (QED) is 0.191. The third-order valence-electron chi connectivity index (χ3n) is 6.37. The average Bonchev–Trinajstić information content (AvgIpc) is 2.92. The van der Waals surface area contributed by atoms with E-state index in [0.717, 1.165) is 36.2 Å². The maximum Gasteiger partial charge on any atom is 0.485 e. The molecule has 0 radical (unpaired) electrons. The van der Waals surface area contributed by atoms with Crippen LogP contribution >= 0.6 is 0 Å². The molecule has 0 amide bonds. The zero-order valence-corrected chi connectivity index (χ0v) is 21.4. The van der Waals surface area contributed by atoms with Gasteiger partial charge in [-0.05, 0) is 54.7 Å². The Morgan fingerprint density at radius 3 is 1.85 bits per heavy atom. The molecule has 0 fully saturated rings. The number of alkyl halides is 3. The highest BCUT2D eigenvalue weighted by Gasteiger charge is 2.37. The lowest BCUT2D eigenvalue weighted by atomic mass is 9.87. The number of rotatable bonds is 4. The van der Waals surface area contributed by atoms with Crippen LogP contribution in [0.25, 0.3) is 28.1 Å². The number of benzene rings is 3. The van der Waals surface area contributed by atoms with Gasteiger partial charge in [-0.2, -0.15) is 17.7 Å². The summed E-state index contributed by atoms with van der Waals surface area (Å²) in [5.74, 6) is -0.902. The molecule has 202 valence electrons. The van der Waals surface area contributed by atoms with Crippen molar-refractivity contribution in [2.45, 2.75) is 31.2 Å². The van der Waals surface area contributed by atoms with Crippen LogP contribution in [0.3, 0.4) is 0 Å². The van der Waals surface area contributed by atoms with Crippen molar-refractivity contribution in [1.29, 1.82) is 0 Å². The molecule has 6 nitrogen and oxygen atoms in total. The van der Waals surface area contributed by atoms with Crippen LogP contribution < -0.4 is 4.57 Å². The molecule has 0 spiro atoms. The Kier molecular flexibility index (Phi) is 8.17. The molecule has 1 aromatic heterocycles. The van der Waals surface area contributed by atoms with Gasteiger partial charge in [-0.15, -0.1) is 0 Å². The van der Waals surface area contributed by atoms with Crippen LogP contribution in [0.4, 0.5) is 13.2 Å². The van der Waals surface area contributed by atoms with E-state index in [1.54, 1.807) is 12.1 Å². The topological polar surface area (TPSA) is 98.4 Å². The zero-order valence-electron chi connectivity index (χ0n) is 20.6. The highest BCUT2D eigenvalue weighted by molar-refractivity contribution is 7.86. The lowest BCUT2D eigenvalue weighted by molar-refractivity contribution is -0.593. The molecule has 0 bridgehead atoms. The van der Waals surface area contributed by atoms with Crippen molar-refractivity contribution in [3.63, 3.8) is 0 Å². The highest BCUT2D eigenvalue weighted by Crippen LogP contribution is 2.34. The van der Waals surface area contributed by atoms with Gasteiger partial charge in [0.15, 0.2) is 15.8 Å². The number of carbonyl (C=O) groups is 1. The summed E-state index contributed by atoms with van der Waals surface area (Å²) in [6, 6.07) is 30.6. The summed E-state index contributed by atoms with van der Waals surface area (Å²) < 4.78 is 61.2. The van der Waals surface area contributed by atoms with Crippen molar-refractivity contribution in [3.8, 4) is 28.1 Å². The van der Waals surface area contributed by atoms with Crippen molar-refractivity contribution in [1.82, 2.24) is 0 Å². The molecular formula is C29H24F3NO5S. The van der Waals surface area contributed by atoms with E-state index in [4.69, 9.17) is 13.0 Å². The van der Waals surface area contributed by atoms with Crippen LogP contribution in [0, 0.1) is 0 Å². The van der Waals surface area contributed by atoms with Crippen LogP contribution in [-0.2, 0) is 23.0 Å². The number of aromatic carboxylic acids is 1. The summed E-state index contributed by atoms with van der Waals surface area (Å²) in [7, 11) is -6.09. The summed E-state index contributed by atoms with van der Waals surface area (Å²) in [5, 5.41) is 9.33. The number of hydrogen-bond acceptors (Lipinski definition) is 4. The first-order chi connectivity index (χ1) is 18.5. The van der Waals surface area contributed by atoms with Gasteiger partial charge in [-0.25, -0.2) is 13.2 Å². The number of halogens is 3. The third kappa shape index (κ3) is 6.35. The van der Waals surface area contributed by atoms with Crippen molar-refractivity contribution >= 4 is 16.1 Å². The van der Waals surface area contributed by atoms with E-state index in [0.29, 0.717) is 5.56 Å². The van der Waals surface area contributed by atoms with E-state index >= 15 is 0 Å².